The molecule has 0 rings (SSSR count). The van der Waals surface area contributed by atoms with E-state index in [4.69, 9.17) is 9.84 Å². The van der Waals surface area contributed by atoms with Crippen molar-refractivity contribution in [3.05, 3.63) is 0 Å². The zero-order valence-corrected chi connectivity index (χ0v) is 13.9. The molecule has 0 aliphatic heterocycles. The molecule has 0 saturated heterocycles. The summed E-state index contributed by atoms with van der Waals surface area (Å²) in [6.07, 6.45) is 1.19. The maximum Gasteiger partial charge on any atom is 0.407 e. The first-order valence-electron chi connectivity index (χ1n) is 7.37. The fraction of sp³-hybridized carbons (Fsp3) is 0.933. The quantitative estimate of drug-likeness (QED) is 0.629. The highest BCUT2D eigenvalue weighted by Gasteiger charge is 2.23. The summed E-state index contributed by atoms with van der Waals surface area (Å²) in [5.41, 5.74) is -0.345. The van der Waals surface area contributed by atoms with E-state index in [9.17, 15) is 4.79 Å². The second-order valence-corrected chi connectivity index (χ2v) is 7.17. The molecule has 0 aliphatic carbocycles. The molecule has 1 amide bonds. The van der Waals surface area contributed by atoms with E-state index in [0.29, 0.717) is 6.54 Å². The van der Waals surface area contributed by atoms with Gasteiger partial charge in [0, 0.05) is 19.2 Å². The van der Waals surface area contributed by atoms with E-state index in [0.717, 1.165) is 19.4 Å². The Kier molecular flexibility index (Phi) is 8.13. The minimum atomic E-state index is -0.458. The molecule has 0 bridgehead atoms. The van der Waals surface area contributed by atoms with Crippen LogP contribution >= 0.6 is 0 Å². The lowest BCUT2D eigenvalue weighted by Gasteiger charge is -2.31. The van der Waals surface area contributed by atoms with Crippen LogP contribution < -0.4 is 10.6 Å². The third-order valence-corrected chi connectivity index (χ3v) is 2.88. The third kappa shape index (κ3) is 10.0. The number of hydrogen-bond donors (Lipinski definition) is 3. The monoisotopic (exact) mass is 288 g/mol. The van der Waals surface area contributed by atoms with Gasteiger partial charge < -0.3 is 20.5 Å². The van der Waals surface area contributed by atoms with Crippen molar-refractivity contribution in [2.75, 3.05) is 19.7 Å². The first kappa shape index (κ1) is 19.2. The zero-order chi connectivity index (χ0) is 15.8. The van der Waals surface area contributed by atoms with Crippen LogP contribution in [0.5, 0.6) is 0 Å². The summed E-state index contributed by atoms with van der Waals surface area (Å²) in [6, 6.07) is 0.272. The van der Waals surface area contributed by atoms with Gasteiger partial charge in [0.25, 0.3) is 0 Å². The van der Waals surface area contributed by atoms with Crippen molar-refractivity contribution in [1.29, 1.82) is 0 Å². The van der Waals surface area contributed by atoms with Gasteiger partial charge in [-0.25, -0.2) is 4.79 Å². The van der Waals surface area contributed by atoms with Crippen molar-refractivity contribution in [2.24, 2.45) is 5.41 Å². The molecular formula is C15H32N2O3. The third-order valence-electron chi connectivity index (χ3n) is 2.88. The van der Waals surface area contributed by atoms with E-state index in [1.54, 1.807) is 0 Å². The van der Waals surface area contributed by atoms with Crippen molar-refractivity contribution in [3.8, 4) is 0 Å². The molecule has 0 saturated carbocycles. The van der Waals surface area contributed by atoms with E-state index < -0.39 is 5.60 Å². The Balaban J connectivity index is 3.82. The molecule has 0 aromatic rings. The Bertz CT molecular complexity index is 280. The van der Waals surface area contributed by atoms with Gasteiger partial charge in [-0.1, -0.05) is 20.8 Å². The molecule has 0 aromatic heterocycles. The van der Waals surface area contributed by atoms with Crippen LogP contribution in [0.2, 0.25) is 0 Å². The number of carbonyl (C=O) groups excluding carboxylic acids is 1. The SMILES string of the molecule is CC(C)(C)OC(=O)NCCCNC(CCO)C(C)(C)C. The maximum absolute atomic E-state index is 11.4. The number of alkyl carbamates (subject to hydrolysis) is 1. The van der Waals surface area contributed by atoms with Crippen molar-refractivity contribution in [1.82, 2.24) is 10.6 Å². The summed E-state index contributed by atoms with van der Waals surface area (Å²) < 4.78 is 5.15. The molecule has 1 atom stereocenters. The van der Waals surface area contributed by atoms with E-state index >= 15 is 0 Å². The Morgan fingerprint density at radius 1 is 1.15 bits per heavy atom. The van der Waals surface area contributed by atoms with Crippen molar-refractivity contribution < 1.29 is 14.6 Å². The molecule has 120 valence electrons. The summed E-state index contributed by atoms with van der Waals surface area (Å²) in [7, 11) is 0. The molecular weight excluding hydrogens is 256 g/mol. The van der Waals surface area contributed by atoms with Crippen LogP contribution in [-0.4, -0.2) is 42.5 Å². The fourth-order valence-electron chi connectivity index (χ4n) is 1.84. The summed E-state index contributed by atoms with van der Waals surface area (Å²) in [5.74, 6) is 0. The van der Waals surface area contributed by atoms with Gasteiger partial charge in [0.1, 0.15) is 5.60 Å². The molecule has 0 fully saturated rings. The van der Waals surface area contributed by atoms with Crippen molar-refractivity contribution in [2.45, 2.75) is 66.0 Å². The highest BCUT2D eigenvalue weighted by molar-refractivity contribution is 5.67. The number of nitrogens with one attached hydrogen (secondary N) is 2. The second kappa shape index (κ2) is 8.47. The Morgan fingerprint density at radius 2 is 1.75 bits per heavy atom. The van der Waals surface area contributed by atoms with E-state index in [1.165, 1.54) is 0 Å². The van der Waals surface area contributed by atoms with Crippen LogP contribution in [0, 0.1) is 5.41 Å². The smallest absolute Gasteiger partial charge is 0.407 e. The molecule has 3 N–H and O–H groups in total. The Labute approximate surface area is 123 Å². The second-order valence-electron chi connectivity index (χ2n) is 7.17. The van der Waals surface area contributed by atoms with Crippen molar-refractivity contribution >= 4 is 6.09 Å². The van der Waals surface area contributed by atoms with Crippen LogP contribution in [0.1, 0.15) is 54.4 Å². The molecule has 0 heterocycles. The van der Waals surface area contributed by atoms with Gasteiger partial charge in [-0.3, -0.25) is 0 Å². The standard InChI is InChI=1S/C15H32N2O3/c1-14(2,3)12(8-11-18)16-9-7-10-17-13(19)20-15(4,5)6/h12,16,18H,7-11H2,1-6H3,(H,17,19). The fourth-order valence-corrected chi connectivity index (χ4v) is 1.84. The van der Waals surface area contributed by atoms with Crippen LogP contribution in [0.3, 0.4) is 0 Å². The molecule has 5 heteroatoms. The van der Waals surface area contributed by atoms with Crippen LogP contribution in [-0.2, 0) is 4.74 Å². The molecule has 20 heavy (non-hydrogen) atoms. The minimum absolute atomic E-state index is 0.112. The van der Waals surface area contributed by atoms with Gasteiger partial charge in [0.2, 0.25) is 0 Å². The lowest BCUT2D eigenvalue weighted by molar-refractivity contribution is 0.0527. The molecule has 0 aliphatic rings. The summed E-state index contributed by atoms with van der Waals surface area (Å²) in [5, 5.41) is 15.2. The van der Waals surface area contributed by atoms with E-state index in [1.807, 2.05) is 20.8 Å². The van der Waals surface area contributed by atoms with Gasteiger partial charge in [0.05, 0.1) is 0 Å². The van der Waals surface area contributed by atoms with Gasteiger partial charge in [-0.15, -0.1) is 0 Å². The number of aliphatic hydroxyl groups excluding tert-OH is 1. The average Bonchev–Trinajstić information content (AvgIpc) is 2.23. The van der Waals surface area contributed by atoms with Crippen molar-refractivity contribution in [3.63, 3.8) is 0 Å². The first-order chi connectivity index (χ1) is 9.06. The molecule has 5 nitrogen and oxygen atoms in total. The molecule has 0 radical (unpaired) electrons. The van der Waals surface area contributed by atoms with Gasteiger partial charge in [0.15, 0.2) is 0 Å². The van der Waals surface area contributed by atoms with Gasteiger partial charge in [-0.05, 0) is 45.6 Å². The van der Waals surface area contributed by atoms with Gasteiger partial charge in [-0.2, -0.15) is 0 Å². The summed E-state index contributed by atoms with van der Waals surface area (Å²) in [6.45, 7) is 13.6. The predicted molar refractivity (Wildman–Crippen MR) is 81.8 cm³/mol. The number of aliphatic hydroxyl groups is 1. The zero-order valence-electron chi connectivity index (χ0n) is 13.9. The van der Waals surface area contributed by atoms with Gasteiger partial charge >= 0.3 is 6.09 Å². The van der Waals surface area contributed by atoms with Crippen LogP contribution in [0.4, 0.5) is 4.79 Å². The normalized spacial score (nSPS) is 13.9. The average molecular weight is 288 g/mol. The van der Waals surface area contributed by atoms with Crippen LogP contribution in [0.25, 0.3) is 0 Å². The number of carbonyl (C=O) groups is 1. The lowest BCUT2D eigenvalue weighted by Crippen LogP contribution is -2.42. The summed E-state index contributed by atoms with van der Waals surface area (Å²) in [4.78, 5) is 11.4. The topological polar surface area (TPSA) is 70.6 Å². The lowest BCUT2D eigenvalue weighted by atomic mass is 9.85. The highest BCUT2D eigenvalue weighted by Crippen LogP contribution is 2.21. The number of rotatable bonds is 7. The highest BCUT2D eigenvalue weighted by atomic mass is 16.6. The number of hydrogen-bond acceptors (Lipinski definition) is 4. The molecule has 0 aromatic carbocycles. The largest absolute Gasteiger partial charge is 0.444 e. The first-order valence-corrected chi connectivity index (χ1v) is 7.37. The number of amides is 1. The van der Waals surface area contributed by atoms with E-state index in [-0.39, 0.29) is 24.2 Å². The number of ether oxygens (including phenoxy) is 1. The summed E-state index contributed by atoms with van der Waals surface area (Å²) >= 11 is 0. The molecule has 1 unspecified atom stereocenters. The predicted octanol–water partition coefficient (Wildman–Crippen LogP) is 2.29. The minimum Gasteiger partial charge on any atom is -0.444 e. The Hall–Kier alpha value is -0.810. The van der Waals surface area contributed by atoms with E-state index in [2.05, 4.69) is 31.4 Å². The molecule has 0 spiro atoms. The Morgan fingerprint density at radius 3 is 2.20 bits per heavy atom. The van der Waals surface area contributed by atoms with Crippen LogP contribution in [0.15, 0.2) is 0 Å². The maximum atomic E-state index is 11.4.